The summed E-state index contributed by atoms with van der Waals surface area (Å²) in [4.78, 5) is 0. The SMILES string of the molecule is N#Cc1ccc(NCC2COC3(CCOCC3)O2)cc1Cl. The molecule has 0 amide bonds. The average molecular weight is 309 g/mol. The van der Waals surface area contributed by atoms with E-state index in [9.17, 15) is 0 Å². The fraction of sp³-hybridized carbons (Fsp3) is 0.533. The number of halogens is 1. The lowest BCUT2D eigenvalue weighted by molar-refractivity contribution is -0.209. The van der Waals surface area contributed by atoms with Gasteiger partial charge in [0.05, 0.1) is 30.4 Å². The highest BCUT2D eigenvalue weighted by Gasteiger charge is 2.42. The van der Waals surface area contributed by atoms with E-state index in [1.54, 1.807) is 12.1 Å². The Balaban J connectivity index is 1.54. The number of benzene rings is 1. The van der Waals surface area contributed by atoms with Gasteiger partial charge in [-0.05, 0) is 18.2 Å². The van der Waals surface area contributed by atoms with Crippen molar-refractivity contribution in [3.63, 3.8) is 0 Å². The first kappa shape index (κ1) is 14.6. The molecule has 1 spiro atoms. The van der Waals surface area contributed by atoms with Crippen molar-refractivity contribution in [2.75, 3.05) is 31.7 Å². The van der Waals surface area contributed by atoms with Crippen molar-refractivity contribution in [3.05, 3.63) is 28.8 Å². The third-order valence-corrected chi connectivity index (χ3v) is 4.10. The quantitative estimate of drug-likeness (QED) is 0.929. The van der Waals surface area contributed by atoms with Crippen LogP contribution in [0.1, 0.15) is 18.4 Å². The summed E-state index contributed by atoms with van der Waals surface area (Å²) in [6, 6.07) is 7.34. The van der Waals surface area contributed by atoms with Gasteiger partial charge in [0.2, 0.25) is 0 Å². The molecule has 21 heavy (non-hydrogen) atoms. The van der Waals surface area contributed by atoms with Crippen molar-refractivity contribution in [2.45, 2.75) is 24.7 Å². The number of hydrogen-bond acceptors (Lipinski definition) is 5. The van der Waals surface area contributed by atoms with E-state index < -0.39 is 5.79 Å². The van der Waals surface area contributed by atoms with Crippen LogP contribution >= 0.6 is 11.6 Å². The van der Waals surface area contributed by atoms with E-state index in [0.717, 1.165) is 18.5 Å². The Morgan fingerprint density at radius 2 is 2.19 bits per heavy atom. The summed E-state index contributed by atoms with van der Waals surface area (Å²) >= 11 is 6.01. The number of rotatable bonds is 3. The molecule has 1 N–H and O–H groups in total. The largest absolute Gasteiger partial charge is 0.382 e. The fourth-order valence-electron chi connectivity index (χ4n) is 2.61. The molecule has 0 radical (unpaired) electrons. The van der Waals surface area contributed by atoms with Crippen LogP contribution < -0.4 is 5.32 Å². The molecule has 2 fully saturated rings. The van der Waals surface area contributed by atoms with E-state index >= 15 is 0 Å². The van der Waals surface area contributed by atoms with Crippen LogP contribution in [0.15, 0.2) is 18.2 Å². The second-order valence-electron chi connectivity index (χ2n) is 5.26. The molecule has 1 aromatic carbocycles. The minimum atomic E-state index is -0.451. The maximum atomic E-state index is 8.85. The molecule has 1 aromatic rings. The standard InChI is InChI=1S/C15H17ClN2O3/c16-14-7-12(2-1-11(14)8-17)18-9-13-10-20-15(21-13)3-5-19-6-4-15/h1-2,7,13,18H,3-6,9-10H2. The topological polar surface area (TPSA) is 63.5 Å². The van der Waals surface area contributed by atoms with Crippen molar-refractivity contribution in [2.24, 2.45) is 0 Å². The van der Waals surface area contributed by atoms with Crippen LogP contribution in [0, 0.1) is 11.3 Å². The summed E-state index contributed by atoms with van der Waals surface area (Å²) in [7, 11) is 0. The van der Waals surface area contributed by atoms with E-state index in [-0.39, 0.29) is 6.10 Å². The maximum absolute atomic E-state index is 8.85. The number of hydrogen-bond donors (Lipinski definition) is 1. The summed E-state index contributed by atoms with van der Waals surface area (Å²) in [5, 5.41) is 12.6. The van der Waals surface area contributed by atoms with Gasteiger partial charge in [-0.2, -0.15) is 5.26 Å². The van der Waals surface area contributed by atoms with Crippen molar-refractivity contribution in [1.29, 1.82) is 5.26 Å². The second-order valence-corrected chi connectivity index (χ2v) is 5.67. The number of anilines is 1. The van der Waals surface area contributed by atoms with Gasteiger partial charge in [-0.3, -0.25) is 0 Å². The van der Waals surface area contributed by atoms with Crippen LogP contribution in [-0.2, 0) is 14.2 Å². The Labute approximate surface area is 128 Å². The van der Waals surface area contributed by atoms with E-state index in [1.165, 1.54) is 0 Å². The van der Waals surface area contributed by atoms with Gasteiger partial charge in [-0.15, -0.1) is 0 Å². The van der Waals surface area contributed by atoms with Crippen LogP contribution in [-0.4, -0.2) is 38.3 Å². The third-order valence-electron chi connectivity index (χ3n) is 3.79. The molecule has 6 heteroatoms. The average Bonchev–Trinajstić information content (AvgIpc) is 2.89. The lowest BCUT2D eigenvalue weighted by atomic mass is 10.1. The first-order valence-electron chi connectivity index (χ1n) is 7.04. The zero-order valence-electron chi connectivity index (χ0n) is 11.6. The molecule has 1 unspecified atom stereocenters. The Bertz CT molecular complexity index is 552. The summed E-state index contributed by atoms with van der Waals surface area (Å²) in [6.45, 7) is 2.60. The van der Waals surface area contributed by atoms with Crippen LogP contribution in [0.5, 0.6) is 0 Å². The molecule has 5 nitrogen and oxygen atoms in total. The smallest absolute Gasteiger partial charge is 0.173 e. The number of nitriles is 1. The molecule has 3 rings (SSSR count). The predicted octanol–water partition coefficient (Wildman–Crippen LogP) is 2.55. The number of nitrogens with one attached hydrogen (secondary N) is 1. The molecule has 2 aliphatic heterocycles. The van der Waals surface area contributed by atoms with Crippen LogP contribution in [0.4, 0.5) is 5.69 Å². The molecule has 2 heterocycles. The van der Waals surface area contributed by atoms with Gasteiger partial charge < -0.3 is 19.5 Å². The Kier molecular flexibility index (Phi) is 4.32. The summed E-state index contributed by atoms with van der Waals surface area (Å²) in [5.41, 5.74) is 1.35. The molecule has 0 aliphatic carbocycles. The predicted molar refractivity (Wildman–Crippen MR) is 78.3 cm³/mol. The zero-order chi connectivity index (χ0) is 14.7. The van der Waals surface area contributed by atoms with Gasteiger partial charge in [0.15, 0.2) is 5.79 Å². The molecule has 0 bridgehead atoms. The number of ether oxygens (including phenoxy) is 3. The van der Waals surface area contributed by atoms with Crippen molar-refractivity contribution in [3.8, 4) is 6.07 Å². The highest BCUT2D eigenvalue weighted by atomic mass is 35.5. The van der Waals surface area contributed by atoms with Gasteiger partial charge in [-0.1, -0.05) is 11.6 Å². The maximum Gasteiger partial charge on any atom is 0.173 e. The Morgan fingerprint density at radius 3 is 2.90 bits per heavy atom. The number of nitrogens with zero attached hydrogens (tertiary/aromatic N) is 1. The highest BCUT2D eigenvalue weighted by Crippen LogP contribution is 2.33. The van der Waals surface area contributed by atoms with E-state index in [1.807, 2.05) is 12.1 Å². The minimum Gasteiger partial charge on any atom is -0.382 e. The summed E-state index contributed by atoms with van der Waals surface area (Å²) < 4.78 is 17.2. The monoisotopic (exact) mass is 308 g/mol. The van der Waals surface area contributed by atoms with E-state index in [0.29, 0.717) is 37.0 Å². The van der Waals surface area contributed by atoms with Gasteiger partial charge in [-0.25, -0.2) is 0 Å². The molecule has 0 saturated carbocycles. The Hall–Kier alpha value is -1.32. The molecule has 112 valence electrons. The van der Waals surface area contributed by atoms with Crippen LogP contribution in [0.2, 0.25) is 5.02 Å². The lowest BCUT2D eigenvalue weighted by Crippen LogP contribution is -2.38. The minimum absolute atomic E-state index is 0.0116. The van der Waals surface area contributed by atoms with Gasteiger partial charge in [0.25, 0.3) is 0 Å². The normalized spacial score (nSPS) is 23.9. The first-order valence-corrected chi connectivity index (χ1v) is 7.42. The Morgan fingerprint density at radius 1 is 1.38 bits per heavy atom. The zero-order valence-corrected chi connectivity index (χ0v) is 12.4. The van der Waals surface area contributed by atoms with Crippen molar-refractivity contribution >= 4 is 17.3 Å². The third kappa shape index (κ3) is 3.30. The summed E-state index contributed by atoms with van der Waals surface area (Å²) in [5.74, 6) is -0.451. The van der Waals surface area contributed by atoms with Crippen molar-refractivity contribution in [1.82, 2.24) is 0 Å². The van der Waals surface area contributed by atoms with Crippen molar-refractivity contribution < 1.29 is 14.2 Å². The van der Waals surface area contributed by atoms with Crippen LogP contribution in [0.3, 0.4) is 0 Å². The highest BCUT2D eigenvalue weighted by molar-refractivity contribution is 6.32. The molecule has 0 aromatic heterocycles. The lowest BCUT2D eigenvalue weighted by Gasteiger charge is -2.31. The molecule has 2 saturated heterocycles. The molecule has 2 aliphatic rings. The van der Waals surface area contributed by atoms with E-state index in [2.05, 4.69) is 5.32 Å². The molecule has 1 atom stereocenters. The van der Waals surface area contributed by atoms with E-state index in [4.69, 9.17) is 31.1 Å². The van der Waals surface area contributed by atoms with Crippen LogP contribution in [0.25, 0.3) is 0 Å². The molecular weight excluding hydrogens is 292 g/mol. The van der Waals surface area contributed by atoms with Gasteiger partial charge in [0.1, 0.15) is 12.2 Å². The molecular formula is C15H17ClN2O3. The van der Waals surface area contributed by atoms with Gasteiger partial charge >= 0.3 is 0 Å². The second kappa shape index (κ2) is 6.20. The first-order chi connectivity index (χ1) is 10.2. The van der Waals surface area contributed by atoms with Gasteiger partial charge in [0, 0.05) is 25.1 Å². The summed E-state index contributed by atoms with van der Waals surface area (Å²) in [6.07, 6.45) is 1.58. The fourth-order valence-corrected chi connectivity index (χ4v) is 2.83.